The molecule has 0 bridgehead atoms. The number of ether oxygens (including phenoxy) is 2. The molecule has 0 radical (unpaired) electrons. The maximum atomic E-state index is 6.05. The molecule has 0 amide bonds. The Bertz CT molecular complexity index is 480. The van der Waals surface area contributed by atoms with Crippen LogP contribution in [0, 0.1) is 0 Å². The topological polar surface area (TPSA) is 47.7 Å². The zero-order chi connectivity index (χ0) is 15.5. The SMILES string of the molecule is COc1cc2c(cc1OC)CN(CCCC(C)(C)N)CC2. The second kappa shape index (κ2) is 6.67. The molecule has 0 atom stereocenters. The van der Waals surface area contributed by atoms with Crippen molar-refractivity contribution in [2.24, 2.45) is 5.73 Å². The molecule has 0 aromatic heterocycles. The molecule has 1 aliphatic rings. The minimum atomic E-state index is -0.0652. The molecular formula is C17H28N2O2. The van der Waals surface area contributed by atoms with Gasteiger partial charge < -0.3 is 15.2 Å². The van der Waals surface area contributed by atoms with Crippen LogP contribution in [-0.2, 0) is 13.0 Å². The quantitative estimate of drug-likeness (QED) is 0.875. The Hall–Kier alpha value is -1.26. The standard InChI is InChI=1S/C17H28N2O2/c1-17(2,18)7-5-8-19-9-6-13-10-15(20-3)16(21-4)11-14(13)12-19/h10-11H,5-9,12,18H2,1-4H3. The predicted molar refractivity (Wildman–Crippen MR) is 86.0 cm³/mol. The van der Waals surface area contributed by atoms with Gasteiger partial charge in [-0.1, -0.05) is 0 Å². The summed E-state index contributed by atoms with van der Waals surface area (Å²) >= 11 is 0. The van der Waals surface area contributed by atoms with Crippen LogP contribution in [0.5, 0.6) is 11.5 Å². The number of rotatable bonds is 6. The molecule has 1 heterocycles. The zero-order valence-electron chi connectivity index (χ0n) is 13.7. The van der Waals surface area contributed by atoms with Crippen molar-refractivity contribution >= 4 is 0 Å². The highest BCUT2D eigenvalue weighted by Gasteiger charge is 2.20. The Morgan fingerprint density at radius 3 is 2.33 bits per heavy atom. The highest BCUT2D eigenvalue weighted by atomic mass is 16.5. The Morgan fingerprint density at radius 1 is 1.14 bits per heavy atom. The lowest BCUT2D eigenvalue weighted by Gasteiger charge is -2.30. The third kappa shape index (κ3) is 4.35. The number of nitrogens with zero attached hydrogens (tertiary/aromatic N) is 1. The molecule has 0 fully saturated rings. The summed E-state index contributed by atoms with van der Waals surface area (Å²) in [5.74, 6) is 1.65. The van der Waals surface area contributed by atoms with Crippen molar-refractivity contribution in [3.63, 3.8) is 0 Å². The highest BCUT2D eigenvalue weighted by Crippen LogP contribution is 2.33. The number of methoxy groups -OCH3 is 2. The molecule has 2 N–H and O–H groups in total. The van der Waals surface area contributed by atoms with E-state index in [4.69, 9.17) is 15.2 Å². The zero-order valence-corrected chi connectivity index (χ0v) is 13.7. The fraction of sp³-hybridized carbons (Fsp3) is 0.647. The van der Waals surface area contributed by atoms with Gasteiger partial charge in [-0.15, -0.1) is 0 Å². The van der Waals surface area contributed by atoms with Gasteiger partial charge in [-0.3, -0.25) is 4.90 Å². The molecule has 2 rings (SSSR count). The third-order valence-electron chi connectivity index (χ3n) is 4.09. The maximum Gasteiger partial charge on any atom is 0.161 e. The molecule has 0 saturated carbocycles. The fourth-order valence-electron chi connectivity index (χ4n) is 2.89. The number of benzene rings is 1. The maximum absolute atomic E-state index is 6.05. The normalized spacial score (nSPS) is 15.7. The second-order valence-electron chi connectivity index (χ2n) is 6.59. The fourth-order valence-corrected chi connectivity index (χ4v) is 2.89. The monoisotopic (exact) mass is 292 g/mol. The van der Waals surface area contributed by atoms with Gasteiger partial charge in [0.05, 0.1) is 14.2 Å². The van der Waals surface area contributed by atoms with E-state index >= 15 is 0 Å². The van der Waals surface area contributed by atoms with Crippen LogP contribution in [0.1, 0.15) is 37.8 Å². The second-order valence-corrected chi connectivity index (χ2v) is 6.59. The highest BCUT2D eigenvalue weighted by molar-refractivity contribution is 5.48. The minimum Gasteiger partial charge on any atom is -0.493 e. The molecule has 1 aromatic carbocycles. The molecular weight excluding hydrogens is 264 g/mol. The number of fused-ring (bicyclic) bond motifs is 1. The van der Waals surface area contributed by atoms with Crippen molar-refractivity contribution < 1.29 is 9.47 Å². The number of nitrogens with two attached hydrogens (primary N) is 1. The van der Waals surface area contributed by atoms with Crippen molar-refractivity contribution in [3.05, 3.63) is 23.3 Å². The molecule has 118 valence electrons. The van der Waals surface area contributed by atoms with Gasteiger partial charge in [0.15, 0.2) is 11.5 Å². The lowest BCUT2D eigenvalue weighted by Crippen LogP contribution is -2.35. The van der Waals surface area contributed by atoms with Crippen molar-refractivity contribution in [2.45, 2.75) is 45.2 Å². The van der Waals surface area contributed by atoms with E-state index in [0.29, 0.717) is 0 Å². The molecule has 4 nitrogen and oxygen atoms in total. The van der Waals surface area contributed by atoms with Gasteiger partial charge in [0.2, 0.25) is 0 Å². The molecule has 0 aliphatic carbocycles. The first-order chi connectivity index (χ1) is 9.93. The lowest BCUT2D eigenvalue weighted by atomic mass is 9.97. The molecule has 0 unspecified atom stereocenters. The number of hydrogen-bond donors (Lipinski definition) is 1. The van der Waals surface area contributed by atoms with E-state index in [-0.39, 0.29) is 5.54 Å². The summed E-state index contributed by atoms with van der Waals surface area (Å²) in [7, 11) is 3.38. The molecule has 0 spiro atoms. The predicted octanol–water partition coefficient (Wildman–Crippen LogP) is 2.58. The summed E-state index contributed by atoms with van der Waals surface area (Å²) in [4.78, 5) is 2.50. The van der Waals surface area contributed by atoms with E-state index in [2.05, 4.69) is 30.9 Å². The molecule has 1 aliphatic heterocycles. The van der Waals surface area contributed by atoms with Gasteiger partial charge in [-0.05, 0) is 62.9 Å². The van der Waals surface area contributed by atoms with Crippen LogP contribution < -0.4 is 15.2 Å². The van der Waals surface area contributed by atoms with Crippen LogP contribution in [0.25, 0.3) is 0 Å². The van der Waals surface area contributed by atoms with Gasteiger partial charge in [-0.2, -0.15) is 0 Å². The molecule has 21 heavy (non-hydrogen) atoms. The Kier molecular flexibility index (Phi) is 5.12. The van der Waals surface area contributed by atoms with Crippen molar-refractivity contribution in [2.75, 3.05) is 27.3 Å². The summed E-state index contributed by atoms with van der Waals surface area (Å²) in [5, 5.41) is 0. The van der Waals surface area contributed by atoms with Crippen LogP contribution in [0.2, 0.25) is 0 Å². The summed E-state index contributed by atoms with van der Waals surface area (Å²) in [6.45, 7) is 7.38. The first kappa shape index (κ1) is 16.1. The van der Waals surface area contributed by atoms with Gasteiger partial charge in [0.1, 0.15) is 0 Å². The summed E-state index contributed by atoms with van der Waals surface area (Å²) in [5.41, 5.74) is 8.71. The summed E-state index contributed by atoms with van der Waals surface area (Å²) in [6.07, 6.45) is 3.27. The summed E-state index contributed by atoms with van der Waals surface area (Å²) < 4.78 is 10.8. The summed E-state index contributed by atoms with van der Waals surface area (Å²) in [6, 6.07) is 4.24. The minimum absolute atomic E-state index is 0.0652. The van der Waals surface area contributed by atoms with E-state index in [1.807, 2.05) is 0 Å². The van der Waals surface area contributed by atoms with Crippen molar-refractivity contribution in [1.29, 1.82) is 0 Å². The van der Waals surface area contributed by atoms with Crippen molar-refractivity contribution in [3.8, 4) is 11.5 Å². The van der Waals surface area contributed by atoms with Crippen LogP contribution in [0.4, 0.5) is 0 Å². The first-order valence-electron chi connectivity index (χ1n) is 7.68. The lowest BCUT2D eigenvalue weighted by molar-refractivity contribution is 0.240. The van der Waals surface area contributed by atoms with E-state index in [1.165, 1.54) is 11.1 Å². The smallest absolute Gasteiger partial charge is 0.161 e. The van der Waals surface area contributed by atoms with E-state index in [1.54, 1.807) is 14.2 Å². The molecule has 0 saturated heterocycles. The van der Waals surface area contributed by atoms with Crippen molar-refractivity contribution in [1.82, 2.24) is 4.90 Å². The van der Waals surface area contributed by atoms with Crippen LogP contribution in [0.3, 0.4) is 0 Å². The largest absolute Gasteiger partial charge is 0.493 e. The van der Waals surface area contributed by atoms with Crippen LogP contribution in [-0.4, -0.2) is 37.7 Å². The van der Waals surface area contributed by atoms with Crippen LogP contribution >= 0.6 is 0 Å². The average Bonchev–Trinajstić information content (AvgIpc) is 2.44. The Balaban J connectivity index is 1.99. The molecule has 4 heteroatoms. The first-order valence-corrected chi connectivity index (χ1v) is 7.68. The van der Waals surface area contributed by atoms with Gasteiger partial charge in [0.25, 0.3) is 0 Å². The Morgan fingerprint density at radius 2 is 1.76 bits per heavy atom. The molecule has 1 aromatic rings. The van der Waals surface area contributed by atoms with E-state index in [0.717, 1.165) is 50.4 Å². The Labute approximate surface area is 128 Å². The van der Waals surface area contributed by atoms with Gasteiger partial charge in [0, 0.05) is 18.6 Å². The van der Waals surface area contributed by atoms with E-state index < -0.39 is 0 Å². The average molecular weight is 292 g/mol. The van der Waals surface area contributed by atoms with Crippen LogP contribution in [0.15, 0.2) is 12.1 Å². The van der Waals surface area contributed by atoms with E-state index in [9.17, 15) is 0 Å². The van der Waals surface area contributed by atoms with Gasteiger partial charge in [-0.25, -0.2) is 0 Å². The number of hydrogen-bond acceptors (Lipinski definition) is 4. The van der Waals surface area contributed by atoms with Gasteiger partial charge >= 0.3 is 0 Å². The third-order valence-corrected chi connectivity index (χ3v) is 4.09.